The third kappa shape index (κ3) is 3.10. The van der Waals surface area contributed by atoms with Crippen molar-refractivity contribution >= 4 is 28.2 Å². The molecule has 0 aromatic carbocycles. The lowest BCUT2D eigenvalue weighted by molar-refractivity contribution is 0.0833. The molecule has 5 nitrogen and oxygen atoms in total. The second-order valence-electron chi connectivity index (χ2n) is 4.21. The van der Waals surface area contributed by atoms with Gasteiger partial charge in [-0.1, -0.05) is 25.2 Å². The Kier molecular flexibility index (Phi) is 4.12. The Balaban J connectivity index is 2.78. The number of carbonyl (C=O) groups excluding carboxylic acids is 1. The van der Waals surface area contributed by atoms with E-state index in [0.29, 0.717) is 21.7 Å². The van der Waals surface area contributed by atoms with Crippen LogP contribution in [0.1, 0.15) is 23.5 Å². The molecule has 90 valence electrons. The summed E-state index contributed by atoms with van der Waals surface area (Å²) in [5.74, 6) is 0.723. The van der Waals surface area contributed by atoms with E-state index in [1.165, 1.54) is 16.2 Å². The van der Waals surface area contributed by atoms with Gasteiger partial charge in [0.05, 0.1) is 0 Å². The summed E-state index contributed by atoms with van der Waals surface area (Å²) in [6.45, 7) is 5.04. The minimum absolute atomic E-state index is 0.104. The van der Waals surface area contributed by atoms with E-state index in [9.17, 15) is 4.79 Å². The van der Waals surface area contributed by atoms with Crippen LogP contribution in [0.25, 0.3) is 0 Å². The second-order valence-corrected chi connectivity index (χ2v) is 5.21. The van der Waals surface area contributed by atoms with E-state index < -0.39 is 0 Å². The molecule has 0 unspecified atom stereocenters. The first kappa shape index (κ1) is 12.8. The van der Waals surface area contributed by atoms with Crippen molar-refractivity contribution < 1.29 is 4.79 Å². The summed E-state index contributed by atoms with van der Waals surface area (Å²) in [5, 5.41) is 3.86. The van der Waals surface area contributed by atoms with Gasteiger partial charge in [0.2, 0.25) is 0 Å². The third-order valence-corrected chi connectivity index (χ3v) is 2.93. The Bertz CT molecular complexity index is 373. The number of hydrogen-bond acceptors (Lipinski definition) is 5. The smallest absolute Gasteiger partial charge is 0.267 e. The zero-order chi connectivity index (χ0) is 12.3. The van der Waals surface area contributed by atoms with Gasteiger partial charge in [-0.25, -0.2) is 4.98 Å². The molecule has 6 heteroatoms. The number of hydrogen-bond donors (Lipinski definition) is 2. The highest BCUT2D eigenvalue weighted by Gasteiger charge is 2.17. The van der Waals surface area contributed by atoms with Crippen molar-refractivity contribution in [1.82, 2.24) is 9.88 Å². The Hall–Kier alpha value is -1.30. The van der Waals surface area contributed by atoms with Gasteiger partial charge in [0.25, 0.3) is 5.91 Å². The first-order chi connectivity index (χ1) is 7.41. The van der Waals surface area contributed by atoms with Crippen molar-refractivity contribution in [3.05, 3.63) is 4.88 Å². The van der Waals surface area contributed by atoms with Crippen molar-refractivity contribution in [3.63, 3.8) is 0 Å². The molecule has 1 heterocycles. The lowest BCUT2D eigenvalue weighted by atomic mass is 10.2. The highest BCUT2D eigenvalue weighted by atomic mass is 32.1. The van der Waals surface area contributed by atoms with E-state index in [2.05, 4.69) is 24.1 Å². The number of anilines is 2. The van der Waals surface area contributed by atoms with E-state index in [0.717, 1.165) is 6.54 Å². The van der Waals surface area contributed by atoms with E-state index in [1.54, 1.807) is 14.1 Å². The van der Waals surface area contributed by atoms with E-state index in [1.807, 2.05) is 0 Å². The lowest BCUT2D eigenvalue weighted by Crippen LogP contribution is -2.21. The van der Waals surface area contributed by atoms with Crippen LogP contribution in [0, 0.1) is 5.92 Å². The van der Waals surface area contributed by atoms with Gasteiger partial charge in [0, 0.05) is 20.6 Å². The Labute approximate surface area is 99.7 Å². The normalized spacial score (nSPS) is 10.6. The van der Waals surface area contributed by atoms with Crippen LogP contribution < -0.4 is 11.1 Å². The molecule has 1 rings (SSSR count). The summed E-state index contributed by atoms with van der Waals surface area (Å²) in [6.07, 6.45) is 0. The number of nitrogens with one attached hydrogen (secondary N) is 1. The van der Waals surface area contributed by atoms with Gasteiger partial charge in [-0.05, 0) is 5.92 Å². The standard InChI is InChI=1S/C10H18N4OS/c1-6(2)5-12-10-13-8(11)7(16-10)9(15)14(3)4/h6H,5,11H2,1-4H3,(H,12,13). The largest absolute Gasteiger partial charge is 0.382 e. The summed E-state index contributed by atoms with van der Waals surface area (Å²) < 4.78 is 0. The van der Waals surface area contributed by atoms with Crippen molar-refractivity contribution in [1.29, 1.82) is 0 Å². The Morgan fingerprint density at radius 2 is 2.19 bits per heavy atom. The first-order valence-corrected chi connectivity index (χ1v) is 5.95. The fourth-order valence-electron chi connectivity index (χ4n) is 1.06. The van der Waals surface area contributed by atoms with Crippen LogP contribution >= 0.6 is 11.3 Å². The molecule has 16 heavy (non-hydrogen) atoms. The first-order valence-electron chi connectivity index (χ1n) is 5.13. The van der Waals surface area contributed by atoms with E-state index in [-0.39, 0.29) is 5.91 Å². The Morgan fingerprint density at radius 3 is 2.69 bits per heavy atom. The lowest BCUT2D eigenvalue weighted by Gasteiger charge is -2.07. The molecular weight excluding hydrogens is 224 g/mol. The highest BCUT2D eigenvalue weighted by Crippen LogP contribution is 2.25. The van der Waals surface area contributed by atoms with Gasteiger partial charge >= 0.3 is 0 Å². The monoisotopic (exact) mass is 242 g/mol. The van der Waals surface area contributed by atoms with Crippen molar-refractivity contribution in [3.8, 4) is 0 Å². The molecule has 0 saturated carbocycles. The van der Waals surface area contributed by atoms with Gasteiger partial charge in [-0.3, -0.25) is 4.79 Å². The number of carbonyl (C=O) groups is 1. The molecule has 0 bridgehead atoms. The topological polar surface area (TPSA) is 71.2 Å². The average molecular weight is 242 g/mol. The molecule has 0 aliphatic heterocycles. The summed E-state index contributed by atoms with van der Waals surface area (Å²) in [6, 6.07) is 0. The molecule has 1 amide bonds. The van der Waals surface area contributed by atoms with Crippen LogP contribution in [-0.2, 0) is 0 Å². The fourth-order valence-corrected chi connectivity index (χ4v) is 1.97. The van der Waals surface area contributed by atoms with Crippen molar-refractivity contribution in [2.75, 3.05) is 31.7 Å². The van der Waals surface area contributed by atoms with E-state index in [4.69, 9.17) is 5.73 Å². The molecule has 0 radical (unpaired) electrons. The maximum atomic E-state index is 11.7. The van der Waals surface area contributed by atoms with Crippen LogP contribution in [0.4, 0.5) is 10.9 Å². The summed E-state index contributed by atoms with van der Waals surface area (Å²) >= 11 is 1.30. The number of nitrogen functional groups attached to an aromatic ring is 1. The summed E-state index contributed by atoms with van der Waals surface area (Å²) in [4.78, 5) is 17.8. The molecule has 0 aliphatic carbocycles. The molecular formula is C10H18N4OS. The maximum absolute atomic E-state index is 11.7. The maximum Gasteiger partial charge on any atom is 0.267 e. The zero-order valence-corrected chi connectivity index (χ0v) is 10.9. The molecule has 0 aliphatic rings. The molecule has 0 spiro atoms. The van der Waals surface area contributed by atoms with Gasteiger partial charge in [-0.15, -0.1) is 0 Å². The number of aromatic nitrogens is 1. The quantitative estimate of drug-likeness (QED) is 0.839. The minimum atomic E-state index is -0.104. The average Bonchev–Trinajstić information content (AvgIpc) is 2.55. The number of thiazole rings is 1. The molecule has 1 aromatic heterocycles. The molecule has 0 atom stereocenters. The van der Waals surface area contributed by atoms with Gasteiger partial charge in [-0.2, -0.15) is 0 Å². The SMILES string of the molecule is CC(C)CNc1nc(N)c(C(=O)N(C)C)s1. The fraction of sp³-hybridized carbons (Fsp3) is 0.600. The summed E-state index contributed by atoms with van der Waals surface area (Å²) in [7, 11) is 3.39. The molecule has 0 fully saturated rings. The van der Waals surface area contributed by atoms with Crippen LogP contribution in [0.15, 0.2) is 0 Å². The van der Waals surface area contributed by atoms with Crippen LogP contribution in [-0.4, -0.2) is 36.4 Å². The Morgan fingerprint density at radius 1 is 1.56 bits per heavy atom. The highest BCUT2D eigenvalue weighted by molar-refractivity contribution is 7.18. The molecule has 3 N–H and O–H groups in total. The number of rotatable bonds is 4. The van der Waals surface area contributed by atoms with Gasteiger partial charge < -0.3 is 16.0 Å². The predicted molar refractivity (Wildman–Crippen MR) is 67.9 cm³/mol. The zero-order valence-electron chi connectivity index (χ0n) is 10.1. The van der Waals surface area contributed by atoms with Gasteiger partial charge in [0.1, 0.15) is 10.7 Å². The molecule has 1 aromatic rings. The number of nitrogens with two attached hydrogens (primary N) is 1. The van der Waals surface area contributed by atoms with Crippen LogP contribution in [0.5, 0.6) is 0 Å². The second kappa shape index (κ2) is 5.16. The van der Waals surface area contributed by atoms with Gasteiger partial charge in [0.15, 0.2) is 5.13 Å². The van der Waals surface area contributed by atoms with Crippen LogP contribution in [0.2, 0.25) is 0 Å². The van der Waals surface area contributed by atoms with Crippen molar-refractivity contribution in [2.45, 2.75) is 13.8 Å². The third-order valence-electron chi connectivity index (χ3n) is 1.92. The predicted octanol–water partition coefficient (Wildman–Crippen LogP) is 1.50. The summed E-state index contributed by atoms with van der Waals surface area (Å²) in [5.41, 5.74) is 5.70. The molecule has 0 saturated heterocycles. The number of nitrogens with zero attached hydrogens (tertiary/aromatic N) is 2. The minimum Gasteiger partial charge on any atom is -0.382 e. The van der Waals surface area contributed by atoms with Crippen LogP contribution in [0.3, 0.4) is 0 Å². The van der Waals surface area contributed by atoms with E-state index >= 15 is 0 Å². The van der Waals surface area contributed by atoms with Crippen molar-refractivity contribution in [2.24, 2.45) is 5.92 Å². The number of amides is 1.